The fourth-order valence-corrected chi connectivity index (χ4v) is 5.00. The predicted molar refractivity (Wildman–Crippen MR) is 85.7 cm³/mol. The fraction of sp³-hybridized carbons (Fsp3) is 0.812. The minimum atomic E-state index is -3.05. The zero-order chi connectivity index (χ0) is 15.7. The Hall–Kier alpha value is -0.880. The third-order valence-corrected chi connectivity index (χ3v) is 6.83. The predicted octanol–water partition coefficient (Wildman–Crippen LogP) is 1.47. The summed E-state index contributed by atoms with van der Waals surface area (Å²) in [4.78, 5) is 14.5. The topological polar surface area (TPSA) is 57.7 Å². The Morgan fingerprint density at radius 2 is 1.59 bits per heavy atom. The summed E-state index contributed by atoms with van der Waals surface area (Å²) < 4.78 is 24.7. The summed E-state index contributed by atoms with van der Waals surface area (Å²) in [6, 6.07) is 0. The number of hydrogen-bond acceptors (Lipinski definition) is 3. The Bertz CT molecular complexity index is 542. The van der Waals surface area contributed by atoms with E-state index in [1.54, 1.807) is 4.31 Å². The van der Waals surface area contributed by atoms with E-state index in [2.05, 4.69) is 12.2 Å². The first-order valence-electron chi connectivity index (χ1n) is 8.34. The molecule has 6 heteroatoms. The molecule has 2 aliphatic heterocycles. The third kappa shape index (κ3) is 3.38. The summed E-state index contributed by atoms with van der Waals surface area (Å²) in [7, 11) is -3.05. The van der Waals surface area contributed by atoms with Gasteiger partial charge < -0.3 is 4.90 Å². The molecule has 124 valence electrons. The van der Waals surface area contributed by atoms with Crippen molar-refractivity contribution in [1.82, 2.24) is 9.21 Å². The zero-order valence-electron chi connectivity index (χ0n) is 13.3. The van der Waals surface area contributed by atoms with Crippen LogP contribution in [-0.2, 0) is 14.8 Å². The maximum absolute atomic E-state index is 12.5. The van der Waals surface area contributed by atoms with Crippen molar-refractivity contribution in [2.75, 3.05) is 32.4 Å². The standard InChI is InChI=1S/C16H26N2O3S/c1-22(20,21)18-10-7-13(8-11-18)15-6-9-17(12-15)16(19)14-4-2-3-5-14/h2-3,13-15H,4-12H2,1H3. The van der Waals surface area contributed by atoms with E-state index in [0.29, 0.717) is 30.8 Å². The van der Waals surface area contributed by atoms with Gasteiger partial charge in [-0.1, -0.05) is 12.2 Å². The van der Waals surface area contributed by atoms with Crippen LogP contribution in [0.25, 0.3) is 0 Å². The summed E-state index contributed by atoms with van der Waals surface area (Å²) in [5.74, 6) is 1.62. The van der Waals surface area contributed by atoms with Crippen LogP contribution in [0.15, 0.2) is 12.2 Å². The second kappa shape index (κ2) is 6.32. The van der Waals surface area contributed by atoms with Crippen LogP contribution in [0.4, 0.5) is 0 Å². The van der Waals surface area contributed by atoms with Crippen molar-refractivity contribution >= 4 is 15.9 Å². The third-order valence-electron chi connectivity index (χ3n) is 5.53. The Labute approximate surface area is 133 Å². The molecule has 3 rings (SSSR count). The maximum Gasteiger partial charge on any atom is 0.226 e. The largest absolute Gasteiger partial charge is 0.342 e. The number of allylic oxidation sites excluding steroid dienone is 2. The summed E-state index contributed by atoms with van der Waals surface area (Å²) in [6.07, 6.45) is 10.2. The molecule has 2 fully saturated rings. The Kier molecular flexibility index (Phi) is 4.59. The van der Waals surface area contributed by atoms with Crippen molar-refractivity contribution < 1.29 is 13.2 Å². The van der Waals surface area contributed by atoms with Gasteiger partial charge in [0.15, 0.2) is 0 Å². The lowest BCUT2D eigenvalue weighted by molar-refractivity contribution is -0.134. The van der Waals surface area contributed by atoms with E-state index in [1.807, 2.05) is 4.90 Å². The highest BCUT2D eigenvalue weighted by atomic mass is 32.2. The first-order chi connectivity index (χ1) is 10.4. The lowest BCUT2D eigenvalue weighted by Gasteiger charge is -2.33. The molecule has 0 N–H and O–H groups in total. The average molecular weight is 326 g/mol. The van der Waals surface area contributed by atoms with Crippen LogP contribution in [0.5, 0.6) is 0 Å². The van der Waals surface area contributed by atoms with E-state index in [-0.39, 0.29) is 5.92 Å². The van der Waals surface area contributed by atoms with Crippen LogP contribution < -0.4 is 0 Å². The van der Waals surface area contributed by atoms with Crippen molar-refractivity contribution in [3.05, 3.63) is 12.2 Å². The molecule has 2 heterocycles. The molecule has 0 spiro atoms. The monoisotopic (exact) mass is 326 g/mol. The van der Waals surface area contributed by atoms with Gasteiger partial charge in [-0.05, 0) is 43.9 Å². The van der Waals surface area contributed by atoms with Crippen LogP contribution in [0.2, 0.25) is 0 Å². The van der Waals surface area contributed by atoms with Crippen LogP contribution in [-0.4, -0.2) is 56.0 Å². The summed E-state index contributed by atoms with van der Waals surface area (Å²) in [5.41, 5.74) is 0. The van der Waals surface area contributed by atoms with Gasteiger partial charge in [0.1, 0.15) is 0 Å². The lowest BCUT2D eigenvalue weighted by Crippen LogP contribution is -2.40. The van der Waals surface area contributed by atoms with Gasteiger partial charge in [0, 0.05) is 32.1 Å². The van der Waals surface area contributed by atoms with E-state index in [4.69, 9.17) is 0 Å². The highest BCUT2D eigenvalue weighted by Crippen LogP contribution is 2.33. The number of hydrogen-bond donors (Lipinski definition) is 0. The molecular weight excluding hydrogens is 300 g/mol. The normalized spacial score (nSPS) is 28.6. The molecule has 1 aliphatic carbocycles. The minimum absolute atomic E-state index is 0.172. The van der Waals surface area contributed by atoms with Crippen molar-refractivity contribution in [3.8, 4) is 0 Å². The van der Waals surface area contributed by atoms with Crippen LogP contribution in [0, 0.1) is 17.8 Å². The van der Waals surface area contributed by atoms with E-state index in [1.165, 1.54) is 6.26 Å². The van der Waals surface area contributed by atoms with Gasteiger partial charge in [0.2, 0.25) is 15.9 Å². The molecule has 0 aromatic heterocycles. The smallest absolute Gasteiger partial charge is 0.226 e. The Morgan fingerprint density at radius 3 is 2.18 bits per heavy atom. The molecule has 0 aromatic rings. The van der Waals surface area contributed by atoms with E-state index < -0.39 is 10.0 Å². The number of likely N-dealkylation sites (tertiary alicyclic amines) is 1. The molecule has 2 saturated heterocycles. The molecule has 0 bridgehead atoms. The molecule has 3 aliphatic rings. The Morgan fingerprint density at radius 1 is 1.00 bits per heavy atom. The number of carbonyl (C=O) groups excluding carboxylic acids is 1. The van der Waals surface area contributed by atoms with E-state index >= 15 is 0 Å². The van der Waals surface area contributed by atoms with Gasteiger partial charge in [0.05, 0.1) is 6.26 Å². The highest BCUT2D eigenvalue weighted by molar-refractivity contribution is 7.88. The summed E-state index contributed by atoms with van der Waals surface area (Å²) >= 11 is 0. The molecular formula is C16H26N2O3S. The van der Waals surface area contributed by atoms with Crippen LogP contribution >= 0.6 is 0 Å². The maximum atomic E-state index is 12.5. The molecule has 1 unspecified atom stereocenters. The summed E-state index contributed by atoms with van der Waals surface area (Å²) in [5, 5.41) is 0. The number of rotatable bonds is 3. The first kappa shape index (κ1) is 16.0. The second-order valence-corrected chi connectivity index (χ2v) is 8.95. The van der Waals surface area contributed by atoms with Gasteiger partial charge in [-0.2, -0.15) is 0 Å². The van der Waals surface area contributed by atoms with E-state index in [0.717, 1.165) is 45.2 Å². The second-order valence-electron chi connectivity index (χ2n) is 6.97. The molecule has 5 nitrogen and oxygen atoms in total. The number of amides is 1. The van der Waals surface area contributed by atoms with Crippen molar-refractivity contribution in [1.29, 1.82) is 0 Å². The summed E-state index contributed by atoms with van der Waals surface area (Å²) in [6.45, 7) is 3.03. The quantitative estimate of drug-likeness (QED) is 0.738. The van der Waals surface area contributed by atoms with Crippen LogP contribution in [0.3, 0.4) is 0 Å². The van der Waals surface area contributed by atoms with Crippen LogP contribution in [0.1, 0.15) is 32.1 Å². The minimum Gasteiger partial charge on any atom is -0.342 e. The van der Waals surface area contributed by atoms with Gasteiger partial charge in [-0.3, -0.25) is 4.79 Å². The molecule has 1 amide bonds. The number of sulfonamides is 1. The number of nitrogens with zero attached hydrogens (tertiary/aromatic N) is 2. The fourth-order valence-electron chi connectivity index (χ4n) is 4.13. The molecule has 22 heavy (non-hydrogen) atoms. The Balaban J connectivity index is 1.50. The first-order valence-corrected chi connectivity index (χ1v) is 10.2. The average Bonchev–Trinajstić information content (AvgIpc) is 3.17. The zero-order valence-corrected chi connectivity index (χ0v) is 14.1. The van der Waals surface area contributed by atoms with Crippen molar-refractivity contribution in [3.63, 3.8) is 0 Å². The molecule has 1 atom stereocenters. The molecule has 0 aromatic carbocycles. The SMILES string of the molecule is CS(=O)(=O)N1CCC(C2CCN(C(=O)C3CC=CC3)C2)CC1. The van der Waals surface area contributed by atoms with Gasteiger partial charge in [0.25, 0.3) is 0 Å². The lowest BCUT2D eigenvalue weighted by atomic mass is 9.84. The highest BCUT2D eigenvalue weighted by Gasteiger charge is 2.36. The van der Waals surface area contributed by atoms with Gasteiger partial charge in [-0.15, -0.1) is 0 Å². The van der Waals surface area contributed by atoms with Crippen molar-refractivity contribution in [2.24, 2.45) is 17.8 Å². The molecule has 0 saturated carbocycles. The molecule has 0 radical (unpaired) electrons. The van der Waals surface area contributed by atoms with Gasteiger partial charge >= 0.3 is 0 Å². The number of piperidine rings is 1. The van der Waals surface area contributed by atoms with Crippen molar-refractivity contribution in [2.45, 2.75) is 32.1 Å². The van der Waals surface area contributed by atoms with E-state index in [9.17, 15) is 13.2 Å². The number of carbonyl (C=O) groups is 1. The van der Waals surface area contributed by atoms with Gasteiger partial charge in [-0.25, -0.2) is 12.7 Å².